The van der Waals surface area contributed by atoms with Gasteiger partial charge in [0, 0.05) is 91.4 Å². The van der Waals surface area contributed by atoms with Crippen molar-refractivity contribution in [3.8, 4) is 61.2 Å². The Morgan fingerprint density at radius 3 is 1.43 bits per heavy atom. The number of benzene rings is 6. The van der Waals surface area contributed by atoms with Crippen molar-refractivity contribution >= 4 is 129 Å². The average Bonchev–Trinajstić information content (AvgIpc) is 1.37. The number of halogens is 9. The molecule has 6 N–H and O–H groups in total. The van der Waals surface area contributed by atoms with Gasteiger partial charge in [-0.15, -0.1) is 0 Å². The Balaban J connectivity index is 0.000000161. The minimum atomic E-state index is -5.07. The number of amides is 3. The second kappa shape index (κ2) is 30.2. The highest BCUT2D eigenvalue weighted by Crippen LogP contribution is 2.49. The number of fused-ring (bicyclic) bond motifs is 3. The Labute approximate surface area is 575 Å². The number of anilines is 3. The molecule has 4 aromatic heterocycles. The molecule has 0 aliphatic carbocycles. The highest BCUT2D eigenvalue weighted by Gasteiger charge is 2.32. The SMILES string of the molecule is C=CC(=O)N1CCN(c2ncnc3c(F)c(-c4c(F)cccc4OCP(=O)(O)O)c(Cl)cc23)CC1.C=CC(=O)N1CCN(c2ncnc3c(F)c(-c4c(F)cccc4OP(=O)(O)O)c(Cl)cc23)CC1.C=CC(=O)Nc1ncc(-c2ncnc3c(F)c(-c4c(O)cccc4F)c(Cl)cc23)s1. The number of ether oxygens (including phenoxy) is 1. The van der Waals surface area contributed by atoms with E-state index in [1.165, 1.54) is 67.1 Å². The highest BCUT2D eigenvalue weighted by atomic mass is 35.5. The summed E-state index contributed by atoms with van der Waals surface area (Å²) in [5.41, 5.74) is -2.46. The van der Waals surface area contributed by atoms with E-state index < -0.39 is 85.2 Å². The number of hydrogen-bond acceptors (Lipinski definition) is 18. The standard InChI is InChI=1S/C22H20ClF2N4O5P.C21H18ClF2N4O5P.C20H11ClF2N4O2S/c1-2-17(30)28-6-8-29(9-7-28)22-13-10-14(23)18(20(25)21(13)26-11-27-22)19-15(24)4-3-5-16(19)34-12-35(31,32)33;1-2-16(29)27-6-8-28(9-7-27)21-12-10-13(22)17(19(24)20(12)25-11-26-21)18-14(23)4-3-5-15(18)33-34(30,31)32;1-2-14(29)27-20-24-7-13(30-20)18-9-6-10(21)15(17(23)19(9)26-8-25-18)16-11(22)4-3-5-12(16)28/h2-5,10-11H,1,6-9,12H2,(H2,31,32,33);2-5,10-11H,1,6-9H2,(H2,30,31,32);2-8,28H,1H2,(H,24,27,29). The fourth-order valence-electron chi connectivity index (χ4n) is 10.6. The van der Waals surface area contributed by atoms with Crippen molar-refractivity contribution in [1.29, 1.82) is 0 Å². The molecule has 12 rings (SSSR count). The largest absolute Gasteiger partial charge is 0.524 e. The Hall–Kier alpha value is -9.65. The Morgan fingerprint density at radius 1 is 0.556 bits per heavy atom. The van der Waals surface area contributed by atoms with Crippen LogP contribution in [-0.2, 0) is 23.5 Å². The third-order valence-corrected chi connectivity index (χ3v) is 17.7. The van der Waals surface area contributed by atoms with Crippen molar-refractivity contribution in [2.24, 2.45) is 0 Å². The van der Waals surface area contributed by atoms with E-state index in [2.05, 4.69) is 64.5 Å². The molecule has 512 valence electrons. The predicted molar refractivity (Wildman–Crippen MR) is 359 cm³/mol. The summed E-state index contributed by atoms with van der Waals surface area (Å²) < 4.78 is 123. The average molecular weight is 1480 g/mol. The number of nitrogens with one attached hydrogen (secondary N) is 1. The van der Waals surface area contributed by atoms with Gasteiger partial charge < -0.3 is 43.8 Å². The van der Waals surface area contributed by atoms with Gasteiger partial charge in [0.15, 0.2) is 28.9 Å². The van der Waals surface area contributed by atoms with Gasteiger partial charge in [-0.2, -0.15) is 0 Å². The maximum atomic E-state index is 15.8. The van der Waals surface area contributed by atoms with E-state index in [1.807, 2.05) is 9.80 Å². The Bertz CT molecular complexity index is 4990. The molecule has 0 radical (unpaired) electrons. The number of aromatic hydroxyl groups is 1. The van der Waals surface area contributed by atoms with E-state index >= 15 is 13.2 Å². The van der Waals surface area contributed by atoms with Crippen molar-refractivity contribution in [3.63, 3.8) is 0 Å². The zero-order chi connectivity index (χ0) is 71.4. The van der Waals surface area contributed by atoms with Crippen LogP contribution in [0.3, 0.4) is 0 Å². The first kappa shape index (κ1) is 72.1. The number of nitrogens with zero attached hydrogens (tertiary/aromatic N) is 11. The van der Waals surface area contributed by atoms with Gasteiger partial charge in [-0.1, -0.05) is 84.1 Å². The molecular weight excluding hydrogens is 1430 g/mol. The van der Waals surface area contributed by atoms with Gasteiger partial charge in [0.25, 0.3) is 0 Å². The van der Waals surface area contributed by atoms with Crippen LogP contribution in [0.4, 0.5) is 43.1 Å². The minimum Gasteiger partial charge on any atom is -0.507 e. The fraction of sp³-hybridized carbons (Fsp3) is 0.143. The molecule has 99 heavy (non-hydrogen) atoms. The fourth-order valence-corrected chi connectivity index (χ4v) is 13.0. The van der Waals surface area contributed by atoms with Gasteiger partial charge in [-0.3, -0.25) is 34.1 Å². The number of carbonyl (C=O) groups is 3. The normalized spacial score (nSPS) is 13.3. The van der Waals surface area contributed by atoms with Crippen LogP contribution in [0.2, 0.25) is 15.1 Å². The molecule has 2 saturated heterocycles. The van der Waals surface area contributed by atoms with Crippen LogP contribution in [0.1, 0.15) is 0 Å². The first-order valence-electron chi connectivity index (χ1n) is 28.7. The topological polar surface area (TPSA) is 320 Å². The second-order valence-corrected chi connectivity index (χ2v) is 26.1. The summed E-state index contributed by atoms with van der Waals surface area (Å²) in [6, 6.07) is 14.6. The van der Waals surface area contributed by atoms with Crippen LogP contribution < -0.4 is 24.4 Å². The number of phosphoric acid groups is 1. The molecule has 36 heteroatoms. The van der Waals surface area contributed by atoms with Crippen LogP contribution in [0.5, 0.6) is 17.2 Å². The molecule has 3 amide bonds. The van der Waals surface area contributed by atoms with E-state index in [-0.39, 0.29) is 87.6 Å². The summed E-state index contributed by atoms with van der Waals surface area (Å²) in [5, 5.41) is 13.2. The lowest BCUT2D eigenvalue weighted by molar-refractivity contribution is -0.127. The van der Waals surface area contributed by atoms with Gasteiger partial charge in [0.2, 0.25) is 17.7 Å². The number of phenols is 1. The van der Waals surface area contributed by atoms with Gasteiger partial charge in [-0.25, -0.2) is 65.8 Å². The van der Waals surface area contributed by atoms with E-state index in [9.17, 15) is 51.6 Å². The zero-order valence-corrected chi connectivity index (χ0v) is 55.5. The molecule has 24 nitrogen and oxygen atoms in total. The monoisotopic (exact) mass is 1480 g/mol. The van der Waals surface area contributed by atoms with Gasteiger partial charge in [0.05, 0.1) is 42.3 Å². The predicted octanol–water partition coefficient (Wildman–Crippen LogP) is 12.3. The third-order valence-electron chi connectivity index (χ3n) is 15.0. The van der Waals surface area contributed by atoms with Crippen molar-refractivity contribution in [2.75, 3.05) is 73.8 Å². The Morgan fingerprint density at radius 2 is 0.980 bits per heavy atom. The summed E-state index contributed by atoms with van der Waals surface area (Å²) in [6.45, 7) is 13.7. The lowest BCUT2D eigenvalue weighted by Crippen LogP contribution is -2.48. The molecule has 0 bridgehead atoms. The summed E-state index contributed by atoms with van der Waals surface area (Å²) in [5.74, 6) is -6.90. The number of rotatable bonds is 15. The molecule has 6 heterocycles. The summed E-state index contributed by atoms with van der Waals surface area (Å²) in [7, 11) is -9.66. The van der Waals surface area contributed by atoms with Gasteiger partial charge in [-0.05, 0) is 72.8 Å². The molecule has 0 saturated carbocycles. The number of phosphoric ester groups is 1. The lowest BCUT2D eigenvalue weighted by atomic mass is 10.00. The van der Waals surface area contributed by atoms with Crippen LogP contribution in [0.25, 0.3) is 76.7 Å². The summed E-state index contributed by atoms with van der Waals surface area (Å²) >= 11 is 20.2. The first-order valence-corrected chi connectivity index (χ1v) is 34.0. The maximum absolute atomic E-state index is 15.8. The van der Waals surface area contributed by atoms with E-state index in [4.69, 9.17) is 49.3 Å². The molecule has 0 atom stereocenters. The number of carbonyl (C=O) groups excluding carboxylic acids is 3. The molecule has 2 aliphatic heterocycles. The third kappa shape index (κ3) is 15.8. The first-order chi connectivity index (χ1) is 47.1. The van der Waals surface area contributed by atoms with Crippen molar-refractivity contribution in [1.82, 2.24) is 44.7 Å². The minimum absolute atomic E-state index is 0.105. The molecule has 0 spiro atoms. The van der Waals surface area contributed by atoms with Crippen molar-refractivity contribution < 1.29 is 83.8 Å². The molecular formula is C63H49Cl3F6N12O12P2S. The Kier molecular flexibility index (Phi) is 22.0. The van der Waals surface area contributed by atoms with Gasteiger partial charge in [0.1, 0.15) is 81.9 Å². The van der Waals surface area contributed by atoms with E-state index in [0.717, 1.165) is 60.4 Å². The van der Waals surface area contributed by atoms with Crippen LogP contribution in [-0.4, -0.2) is 146 Å². The van der Waals surface area contributed by atoms with Crippen LogP contribution in [0, 0.1) is 34.9 Å². The van der Waals surface area contributed by atoms with E-state index in [1.54, 1.807) is 9.80 Å². The van der Waals surface area contributed by atoms with Crippen LogP contribution >= 0.6 is 61.6 Å². The zero-order valence-electron chi connectivity index (χ0n) is 50.7. The summed E-state index contributed by atoms with van der Waals surface area (Å²) in [6.07, 6.45) is 7.50. The van der Waals surface area contributed by atoms with Crippen molar-refractivity contribution in [2.45, 2.75) is 0 Å². The molecule has 10 aromatic rings. The quantitative estimate of drug-likeness (QED) is 0.0315. The highest BCUT2D eigenvalue weighted by molar-refractivity contribution is 7.51. The van der Waals surface area contributed by atoms with Crippen LogP contribution in [0.15, 0.2) is 136 Å². The maximum Gasteiger partial charge on any atom is 0.524 e. The number of thiazole rings is 1. The summed E-state index contributed by atoms with van der Waals surface area (Å²) in [4.78, 5) is 108. The van der Waals surface area contributed by atoms with Gasteiger partial charge >= 0.3 is 15.4 Å². The van der Waals surface area contributed by atoms with Crippen molar-refractivity contribution in [3.05, 3.63) is 186 Å². The number of aromatic nitrogens is 7. The molecule has 6 aromatic carbocycles. The smallest absolute Gasteiger partial charge is 0.507 e. The lowest BCUT2D eigenvalue weighted by Gasteiger charge is -2.35. The second-order valence-electron chi connectivity index (χ2n) is 21.1. The molecule has 2 aliphatic rings. The number of hydrogen-bond donors (Lipinski definition) is 6. The molecule has 0 unspecified atom stereocenters. The number of phenolic OH excluding ortho intramolecular Hbond substituents is 1. The molecule has 2 fully saturated rings. The van der Waals surface area contributed by atoms with E-state index in [0.29, 0.717) is 79.7 Å². The number of piperazine rings is 2.